The molecule has 1 atom stereocenters. The molecule has 0 spiro atoms. The van der Waals surface area contributed by atoms with Crippen LogP contribution < -0.4 is 0 Å². The van der Waals surface area contributed by atoms with Gasteiger partial charge in [-0.1, -0.05) is 11.6 Å². The number of hydrogen-bond donors (Lipinski definition) is 0. The Morgan fingerprint density at radius 2 is 2.25 bits per heavy atom. The number of carbonyl (C=O) groups is 1. The number of carbonyl (C=O) groups excluding carboxylic acids is 1. The molecule has 0 fully saturated rings. The third kappa shape index (κ3) is 1.10. The summed E-state index contributed by atoms with van der Waals surface area (Å²) in [6, 6.07) is -0.618. The standard InChI is InChI=1S/C7H4ClN3O/c8-5-2-1-4-6(11-5)7(12)10-3-9-4/h1-3,6H. The number of rotatable bonds is 0. The Hall–Kier alpha value is -1.29. The molecular weight excluding hydrogens is 178 g/mol. The van der Waals surface area contributed by atoms with Crippen molar-refractivity contribution in [1.29, 1.82) is 0 Å². The van der Waals surface area contributed by atoms with Gasteiger partial charge in [-0.3, -0.25) is 9.79 Å². The van der Waals surface area contributed by atoms with Gasteiger partial charge in [0.15, 0.2) is 6.04 Å². The summed E-state index contributed by atoms with van der Waals surface area (Å²) < 4.78 is 0. The summed E-state index contributed by atoms with van der Waals surface area (Å²) in [6.07, 6.45) is 4.50. The average molecular weight is 182 g/mol. The van der Waals surface area contributed by atoms with Crippen molar-refractivity contribution >= 4 is 34.7 Å². The van der Waals surface area contributed by atoms with Gasteiger partial charge < -0.3 is 0 Å². The fraction of sp³-hybridized carbons (Fsp3) is 0.143. The monoisotopic (exact) mass is 181 g/mol. The van der Waals surface area contributed by atoms with E-state index >= 15 is 0 Å². The Kier molecular flexibility index (Phi) is 1.62. The summed E-state index contributed by atoms with van der Waals surface area (Å²) in [5.74, 6) is -0.317. The van der Waals surface area contributed by atoms with Gasteiger partial charge in [-0.2, -0.15) is 4.99 Å². The van der Waals surface area contributed by atoms with Crippen LogP contribution in [0.4, 0.5) is 0 Å². The van der Waals surface area contributed by atoms with E-state index in [-0.39, 0.29) is 5.91 Å². The predicted octanol–water partition coefficient (Wildman–Crippen LogP) is 0.572. The maximum Gasteiger partial charge on any atom is 0.278 e. The molecule has 2 aliphatic heterocycles. The summed E-state index contributed by atoms with van der Waals surface area (Å²) in [4.78, 5) is 22.4. The first-order valence-electron chi connectivity index (χ1n) is 3.33. The number of dihydropyridines is 1. The highest BCUT2D eigenvalue weighted by Crippen LogP contribution is 2.11. The van der Waals surface area contributed by atoms with Crippen LogP contribution in [-0.4, -0.2) is 29.2 Å². The van der Waals surface area contributed by atoms with Gasteiger partial charge in [-0.25, -0.2) is 4.99 Å². The molecular formula is C7H4ClN3O. The van der Waals surface area contributed by atoms with Crippen molar-refractivity contribution in [2.24, 2.45) is 15.0 Å². The molecule has 12 heavy (non-hydrogen) atoms. The van der Waals surface area contributed by atoms with Crippen LogP contribution in [0.3, 0.4) is 0 Å². The Bertz CT molecular complexity index is 354. The van der Waals surface area contributed by atoms with Gasteiger partial charge in [0, 0.05) is 0 Å². The number of amides is 1. The Morgan fingerprint density at radius 1 is 1.42 bits per heavy atom. The molecule has 0 aromatic carbocycles. The first kappa shape index (κ1) is 7.36. The first-order valence-corrected chi connectivity index (χ1v) is 3.70. The van der Waals surface area contributed by atoms with Gasteiger partial charge >= 0.3 is 0 Å². The van der Waals surface area contributed by atoms with Gasteiger partial charge in [-0.05, 0) is 12.2 Å². The van der Waals surface area contributed by atoms with Crippen LogP contribution in [0.1, 0.15) is 0 Å². The first-order chi connectivity index (χ1) is 5.77. The van der Waals surface area contributed by atoms with Crippen molar-refractivity contribution in [2.45, 2.75) is 6.04 Å². The van der Waals surface area contributed by atoms with E-state index < -0.39 is 6.04 Å². The molecule has 1 unspecified atom stereocenters. The van der Waals surface area contributed by atoms with E-state index in [1.54, 1.807) is 12.2 Å². The molecule has 0 aliphatic carbocycles. The minimum Gasteiger partial charge on any atom is -0.270 e. The maximum atomic E-state index is 11.1. The smallest absolute Gasteiger partial charge is 0.270 e. The van der Waals surface area contributed by atoms with Crippen molar-refractivity contribution in [3.05, 3.63) is 12.2 Å². The van der Waals surface area contributed by atoms with E-state index in [1.807, 2.05) is 0 Å². The molecule has 2 rings (SSSR count). The van der Waals surface area contributed by atoms with E-state index in [0.717, 1.165) is 0 Å². The van der Waals surface area contributed by atoms with E-state index in [9.17, 15) is 4.79 Å². The molecule has 0 bridgehead atoms. The highest BCUT2D eigenvalue weighted by Gasteiger charge is 2.26. The fourth-order valence-electron chi connectivity index (χ4n) is 0.996. The van der Waals surface area contributed by atoms with Crippen LogP contribution in [0, 0.1) is 0 Å². The largest absolute Gasteiger partial charge is 0.278 e. The van der Waals surface area contributed by atoms with Crippen molar-refractivity contribution in [3.63, 3.8) is 0 Å². The fourth-order valence-corrected chi connectivity index (χ4v) is 1.16. The van der Waals surface area contributed by atoms with Gasteiger partial charge in [0.1, 0.15) is 11.5 Å². The number of aliphatic imine (C=N–C) groups is 3. The lowest BCUT2D eigenvalue weighted by molar-refractivity contribution is -0.117. The summed E-state index contributed by atoms with van der Waals surface area (Å²) in [7, 11) is 0. The average Bonchev–Trinajstić information content (AvgIpc) is 2.07. The van der Waals surface area contributed by atoms with E-state index in [2.05, 4.69) is 15.0 Å². The molecule has 5 heteroatoms. The lowest BCUT2D eigenvalue weighted by atomic mass is 10.1. The molecule has 60 valence electrons. The second kappa shape index (κ2) is 2.64. The van der Waals surface area contributed by atoms with Crippen LogP contribution in [0.15, 0.2) is 27.1 Å². The minimum absolute atomic E-state index is 0.310. The second-order valence-electron chi connectivity index (χ2n) is 2.32. The molecule has 0 saturated carbocycles. The lowest BCUT2D eigenvalue weighted by Gasteiger charge is -2.14. The molecule has 1 amide bonds. The van der Waals surface area contributed by atoms with Crippen molar-refractivity contribution in [3.8, 4) is 0 Å². The van der Waals surface area contributed by atoms with E-state index in [0.29, 0.717) is 10.9 Å². The number of fused-ring (bicyclic) bond motifs is 1. The van der Waals surface area contributed by atoms with Crippen molar-refractivity contribution in [1.82, 2.24) is 0 Å². The number of nitrogens with zero attached hydrogens (tertiary/aromatic N) is 3. The number of hydrogen-bond acceptors (Lipinski definition) is 3. The molecule has 0 aromatic rings. The third-order valence-corrected chi connectivity index (χ3v) is 1.77. The summed E-state index contributed by atoms with van der Waals surface area (Å²) >= 11 is 5.61. The summed E-state index contributed by atoms with van der Waals surface area (Å²) in [5, 5.41) is 0.310. The summed E-state index contributed by atoms with van der Waals surface area (Å²) in [6.45, 7) is 0. The number of allylic oxidation sites excluding steroid dienone is 1. The Morgan fingerprint density at radius 3 is 3.08 bits per heavy atom. The molecule has 4 nitrogen and oxygen atoms in total. The van der Waals surface area contributed by atoms with Crippen LogP contribution >= 0.6 is 11.6 Å². The van der Waals surface area contributed by atoms with Crippen LogP contribution in [0.5, 0.6) is 0 Å². The molecule has 2 aliphatic rings. The van der Waals surface area contributed by atoms with Crippen molar-refractivity contribution in [2.75, 3.05) is 0 Å². The van der Waals surface area contributed by atoms with Crippen molar-refractivity contribution < 1.29 is 4.79 Å². The van der Waals surface area contributed by atoms with Crippen LogP contribution in [0.2, 0.25) is 0 Å². The predicted molar refractivity (Wildman–Crippen MR) is 47.2 cm³/mol. The van der Waals surface area contributed by atoms with Crippen LogP contribution in [-0.2, 0) is 4.79 Å². The van der Waals surface area contributed by atoms with Gasteiger partial charge in [0.2, 0.25) is 0 Å². The zero-order valence-corrected chi connectivity index (χ0v) is 6.69. The van der Waals surface area contributed by atoms with E-state index in [4.69, 9.17) is 11.6 Å². The van der Waals surface area contributed by atoms with E-state index in [1.165, 1.54) is 6.34 Å². The molecule has 0 radical (unpaired) electrons. The molecule has 0 saturated heterocycles. The lowest BCUT2D eigenvalue weighted by Crippen LogP contribution is -2.31. The molecule has 2 heterocycles. The van der Waals surface area contributed by atoms with Crippen LogP contribution in [0.25, 0.3) is 0 Å². The molecule has 0 N–H and O–H groups in total. The normalized spacial score (nSPS) is 26.4. The Labute approximate surface area is 73.4 Å². The quantitative estimate of drug-likeness (QED) is 0.539. The zero-order valence-electron chi connectivity index (χ0n) is 5.94. The van der Waals surface area contributed by atoms with Gasteiger partial charge in [0.05, 0.1) is 5.71 Å². The zero-order chi connectivity index (χ0) is 8.55. The number of halogens is 1. The highest BCUT2D eigenvalue weighted by molar-refractivity contribution is 6.69. The highest BCUT2D eigenvalue weighted by atomic mass is 35.5. The van der Waals surface area contributed by atoms with Gasteiger partial charge in [-0.15, -0.1) is 0 Å². The van der Waals surface area contributed by atoms with Gasteiger partial charge in [0.25, 0.3) is 5.91 Å². The maximum absolute atomic E-state index is 11.1. The Balaban J connectivity index is 2.43. The SMILES string of the molecule is O=C1N=CN=C2C=CC(Cl)=NC12. The second-order valence-corrected chi connectivity index (χ2v) is 2.71. The topological polar surface area (TPSA) is 54.1 Å². The minimum atomic E-state index is -0.618. The third-order valence-electron chi connectivity index (χ3n) is 1.55. The molecule has 0 aromatic heterocycles. The summed E-state index contributed by atoms with van der Waals surface area (Å²) in [5.41, 5.74) is 0.597.